The predicted octanol–water partition coefficient (Wildman–Crippen LogP) is 3.12. The van der Waals surface area contributed by atoms with E-state index in [9.17, 15) is 0 Å². The molecule has 2 N–H and O–H groups in total. The Morgan fingerprint density at radius 3 is 2.33 bits per heavy atom. The molecule has 1 nitrogen and oxygen atoms in total. The quantitative estimate of drug-likeness (QED) is 0.786. The van der Waals surface area contributed by atoms with Crippen molar-refractivity contribution in [3.63, 3.8) is 0 Å². The first-order valence-electron chi connectivity index (χ1n) is 5.17. The summed E-state index contributed by atoms with van der Waals surface area (Å²) in [5.41, 5.74) is 10.8. The molecule has 0 aliphatic heterocycles. The van der Waals surface area contributed by atoms with Crippen molar-refractivity contribution in [2.24, 2.45) is 5.73 Å². The lowest BCUT2D eigenvalue weighted by Crippen LogP contribution is -2.00. The van der Waals surface area contributed by atoms with Crippen LogP contribution in [0.15, 0.2) is 48.5 Å². The van der Waals surface area contributed by atoms with E-state index < -0.39 is 0 Å². The van der Waals surface area contributed by atoms with Gasteiger partial charge in [-0.1, -0.05) is 48.5 Å². The second-order valence-corrected chi connectivity index (χ2v) is 3.68. The van der Waals surface area contributed by atoms with Gasteiger partial charge in [-0.3, -0.25) is 0 Å². The first-order valence-corrected chi connectivity index (χ1v) is 5.17. The summed E-state index contributed by atoms with van der Waals surface area (Å²) in [6.45, 7) is 2.72. The van der Waals surface area contributed by atoms with E-state index in [2.05, 4.69) is 49.4 Å². The molecule has 0 aromatic heterocycles. The number of nitrogens with two attached hydrogens (primary N) is 1. The highest BCUT2D eigenvalue weighted by molar-refractivity contribution is 5.70. The van der Waals surface area contributed by atoms with Gasteiger partial charge in [-0.15, -0.1) is 0 Å². The van der Waals surface area contributed by atoms with Crippen molar-refractivity contribution in [3.05, 3.63) is 59.7 Å². The maximum Gasteiger partial charge on any atom is 0.0184 e. The summed E-state index contributed by atoms with van der Waals surface area (Å²) in [4.78, 5) is 0. The smallest absolute Gasteiger partial charge is 0.0184 e. The molecule has 1 heteroatoms. The average Bonchev–Trinajstić information content (AvgIpc) is 2.29. The van der Waals surface area contributed by atoms with Crippen molar-refractivity contribution in [3.8, 4) is 11.1 Å². The normalized spacial score (nSPS) is 10.3. The van der Waals surface area contributed by atoms with Crippen molar-refractivity contribution in [2.45, 2.75) is 13.5 Å². The molecule has 0 spiro atoms. The van der Waals surface area contributed by atoms with Gasteiger partial charge in [0.2, 0.25) is 0 Å². The molecule has 0 aliphatic rings. The van der Waals surface area contributed by atoms with E-state index in [4.69, 9.17) is 5.73 Å². The van der Waals surface area contributed by atoms with E-state index in [1.165, 1.54) is 22.3 Å². The number of rotatable bonds is 2. The van der Waals surface area contributed by atoms with Crippen molar-refractivity contribution >= 4 is 0 Å². The topological polar surface area (TPSA) is 26.0 Å². The third kappa shape index (κ3) is 1.92. The average molecular weight is 197 g/mol. The van der Waals surface area contributed by atoms with Crippen molar-refractivity contribution in [1.29, 1.82) is 0 Å². The van der Waals surface area contributed by atoms with Crippen LogP contribution in [0.25, 0.3) is 11.1 Å². The van der Waals surface area contributed by atoms with Gasteiger partial charge in [0.05, 0.1) is 0 Å². The molecule has 0 bridgehead atoms. The Hall–Kier alpha value is -1.60. The van der Waals surface area contributed by atoms with E-state index in [-0.39, 0.29) is 0 Å². The molecule has 76 valence electrons. The van der Waals surface area contributed by atoms with Gasteiger partial charge in [0, 0.05) is 6.54 Å². The minimum Gasteiger partial charge on any atom is -0.326 e. The van der Waals surface area contributed by atoms with Gasteiger partial charge in [-0.05, 0) is 29.2 Å². The molecule has 0 saturated heterocycles. The van der Waals surface area contributed by atoms with Crippen LogP contribution in [0.2, 0.25) is 0 Å². The lowest BCUT2D eigenvalue weighted by atomic mass is 9.95. The molecule has 15 heavy (non-hydrogen) atoms. The molecule has 0 saturated carbocycles. The van der Waals surface area contributed by atoms with Gasteiger partial charge in [-0.2, -0.15) is 0 Å². The Morgan fingerprint density at radius 1 is 0.933 bits per heavy atom. The second-order valence-electron chi connectivity index (χ2n) is 3.68. The van der Waals surface area contributed by atoms with Crippen LogP contribution in [0.1, 0.15) is 11.1 Å². The first kappa shape index (κ1) is 9.94. The highest BCUT2D eigenvalue weighted by Gasteiger charge is 2.05. The van der Waals surface area contributed by atoms with E-state index in [1.54, 1.807) is 0 Å². The standard InChI is InChI=1S/C14H15N/c1-11-6-5-9-13(10-15)14(11)12-7-3-2-4-8-12/h2-9H,10,15H2,1H3. The van der Waals surface area contributed by atoms with Gasteiger partial charge >= 0.3 is 0 Å². The summed E-state index contributed by atoms with van der Waals surface area (Å²) in [6.07, 6.45) is 0. The zero-order valence-electron chi connectivity index (χ0n) is 8.90. The third-order valence-electron chi connectivity index (χ3n) is 2.64. The van der Waals surface area contributed by atoms with Gasteiger partial charge in [0.15, 0.2) is 0 Å². The lowest BCUT2D eigenvalue weighted by Gasteiger charge is -2.11. The zero-order chi connectivity index (χ0) is 10.7. The maximum atomic E-state index is 5.76. The van der Waals surface area contributed by atoms with Gasteiger partial charge in [0.25, 0.3) is 0 Å². The Bertz CT molecular complexity index is 446. The number of hydrogen-bond donors (Lipinski definition) is 1. The molecule has 0 unspecified atom stereocenters. The highest BCUT2D eigenvalue weighted by Crippen LogP contribution is 2.26. The summed E-state index contributed by atoms with van der Waals surface area (Å²) in [5, 5.41) is 0. The molecule has 0 radical (unpaired) electrons. The molecule has 0 aliphatic carbocycles. The molecule has 0 heterocycles. The minimum absolute atomic E-state index is 0.589. The summed E-state index contributed by atoms with van der Waals surface area (Å²) in [7, 11) is 0. The van der Waals surface area contributed by atoms with Gasteiger partial charge < -0.3 is 5.73 Å². The fourth-order valence-corrected chi connectivity index (χ4v) is 1.92. The number of aryl methyl sites for hydroxylation is 1. The van der Waals surface area contributed by atoms with Crippen molar-refractivity contribution in [1.82, 2.24) is 0 Å². The number of hydrogen-bond acceptors (Lipinski definition) is 1. The van der Waals surface area contributed by atoms with Crippen LogP contribution in [0, 0.1) is 6.92 Å². The summed E-state index contributed by atoms with van der Waals surface area (Å²) in [5.74, 6) is 0. The van der Waals surface area contributed by atoms with Gasteiger partial charge in [0.1, 0.15) is 0 Å². The van der Waals surface area contributed by atoms with Crippen molar-refractivity contribution < 1.29 is 0 Å². The fraction of sp³-hybridized carbons (Fsp3) is 0.143. The zero-order valence-corrected chi connectivity index (χ0v) is 8.90. The minimum atomic E-state index is 0.589. The van der Waals surface area contributed by atoms with E-state index >= 15 is 0 Å². The van der Waals surface area contributed by atoms with E-state index in [0.29, 0.717) is 6.54 Å². The maximum absolute atomic E-state index is 5.76. The third-order valence-corrected chi connectivity index (χ3v) is 2.64. The Labute approximate surface area is 90.6 Å². The van der Waals surface area contributed by atoms with E-state index in [1.807, 2.05) is 6.07 Å². The molecule has 0 atom stereocenters. The largest absolute Gasteiger partial charge is 0.326 e. The van der Waals surface area contributed by atoms with Crippen LogP contribution < -0.4 is 5.73 Å². The first-order chi connectivity index (χ1) is 7.33. The van der Waals surface area contributed by atoms with Crippen LogP contribution in [-0.4, -0.2) is 0 Å². The molecule has 2 aromatic carbocycles. The Morgan fingerprint density at radius 2 is 1.67 bits per heavy atom. The predicted molar refractivity (Wildman–Crippen MR) is 64.5 cm³/mol. The highest BCUT2D eigenvalue weighted by atomic mass is 14.5. The molecule has 2 aromatic rings. The van der Waals surface area contributed by atoms with Gasteiger partial charge in [-0.25, -0.2) is 0 Å². The van der Waals surface area contributed by atoms with Crippen LogP contribution in [-0.2, 0) is 6.54 Å². The lowest BCUT2D eigenvalue weighted by molar-refractivity contribution is 1.07. The Balaban J connectivity index is 2.61. The molecular formula is C14H15N. The monoisotopic (exact) mass is 197 g/mol. The Kier molecular flexibility index (Phi) is 2.84. The molecule has 0 amide bonds. The second kappa shape index (κ2) is 4.28. The van der Waals surface area contributed by atoms with Crippen LogP contribution in [0.4, 0.5) is 0 Å². The van der Waals surface area contributed by atoms with Crippen molar-refractivity contribution in [2.75, 3.05) is 0 Å². The van der Waals surface area contributed by atoms with Crippen LogP contribution >= 0.6 is 0 Å². The molecule has 2 rings (SSSR count). The SMILES string of the molecule is Cc1cccc(CN)c1-c1ccccc1. The summed E-state index contributed by atoms with van der Waals surface area (Å²) >= 11 is 0. The summed E-state index contributed by atoms with van der Waals surface area (Å²) in [6, 6.07) is 16.7. The fourth-order valence-electron chi connectivity index (χ4n) is 1.92. The summed E-state index contributed by atoms with van der Waals surface area (Å²) < 4.78 is 0. The molecular weight excluding hydrogens is 182 g/mol. The molecule has 0 fully saturated rings. The van der Waals surface area contributed by atoms with Crippen LogP contribution in [0.5, 0.6) is 0 Å². The van der Waals surface area contributed by atoms with E-state index in [0.717, 1.165) is 0 Å². The van der Waals surface area contributed by atoms with Crippen LogP contribution in [0.3, 0.4) is 0 Å². The number of benzene rings is 2.